The number of carbonyl (C=O) groups excluding carboxylic acids is 7. The molecule has 2 amide bonds. The summed E-state index contributed by atoms with van der Waals surface area (Å²) in [5, 5.41) is 9.77. The van der Waals surface area contributed by atoms with E-state index < -0.39 is 98.0 Å². The average molecular weight is 1460 g/mol. The highest BCUT2D eigenvalue weighted by Crippen LogP contribution is 2.40. The summed E-state index contributed by atoms with van der Waals surface area (Å²) >= 11 is 2.99. The first-order valence-corrected chi connectivity index (χ1v) is 39.3. The molecule has 2 aliphatic heterocycles. The molecule has 4 unspecified atom stereocenters. The van der Waals surface area contributed by atoms with Crippen LogP contribution in [0.25, 0.3) is 0 Å². The van der Waals surface area contributed by atoms with E-state index in [1.165, 1.54) is 79.9 Å². The average Bonchev–Trinajstić information content (AvgIpc) is 0.848. The lowest BCUT2D eigenvalue weighted by atomic mass is 9.82. The second-order valence-corrected chi connectivity index (χ2v) is 39.6. The quantitative estimate of drug-likeness (QED) is 0.0181. The molecule has 2 saturated heterocycles. The fourth-order valence-electron chi connectivity index (χ4n) is 9.72. The van der Waals surface area contributed by atoms with Crippen LogP contribution in [-0.2, 0) is 51.7 Å². The highest BCUT2D eigenvalue weighted by molar-refractivity contribution is 9.10. The van der Waals surface area contributed by atoms with E-state index in [9.17, 15) is 52.2 Å². The number of esters is 3. The van der Waals surface area contributed by atoms with Crippen LogP contribution in [0.15, 0.2) is 97.1 Å². The lowest BCUT2D eigenvalue weighted by Gasteiger charge is -2.38. The van der Waals surface area contributed by atoms with Gasteiger partial charge < -0.3 is 56.9 Å². The van der Waals surface area contributed by atoms with Crippen molar-refractivity contribution in [3.05, 3.63) is 120 Å². The number of hydrogen-bond acceptors (Lipinski definition) is 17. The van der Waals surface area contributed by atoms with Gasteiger partial charge in [-0.15, -0.1) is 0 Å². The van der Waals surface area contributed by atoms with Crippen molar-refractivity contribution in [3.63, 3.8) is 0 Å². The molecule has 97 heavy (non-hydrogen) atoms. The van der Waals surface area contributed by atoms with Crippen LogP contribution in [-0.4, -0.2) is 155 Å². The Kier molecular flexibility index (Phi) is 30.7. The second kappa shape index (κ2) is 36.1. The fourth-order valence-corrected chi connectivity index (χ4v) is 12.3. The van der Waals surface area contributed by atoms with Gasteiger partial charge in [-0.3, -0.25) is 24.0 Å². The van der Waals surface area contributed by atoms with Crippen molar-refractivity contribution < 1.29 is 94.3 Å². The number of ether oxygens (including phenoxy) is 7. The third-order valence-electron chi connectivity index (χ3n) is 17.4. The van der Waals surface area contributed by atoms with Crippen molar-refractivity contribution in [1.29, 1.82) is 0 Å². The molecule has 4 aromatic carbocycles. The maximum absolute atomic E-state index is 13.9. The molecule has 4 atom stereocenters. The summed E-state index contributed by atoms with van der Waals surface area (Å²) < 4.78 is 75.8. The standard InChI is InChI=1S/C36H50FNO9Si.C20H39NO5Si.C16H12BrFO4/c1-35(2,3)47-34(42)38-21-18-24(19-22-38)29(20-23-44-48(8,9)36(4,5)6)32(40)46-31(33(41)43-7)30(39)25-10-14-27(15-11-25)45-28-16-12-26(37)13-17-28;1-19(2,3)26-18(24)21-12-9-15(10-13-21)16(17(22)23)11-14-25-27(7,8)20(4,5)6;1-21-16(20)14(17)15(19)10-2-6-12(7-3-10)22-13-8-4-11(18)5-9-13/h10-17,24,29,31H,18-23H2,1-9H3;15-16H,9-14H2,1-8H3,(H,22,23);2-9,14H,1H3. The number of amides is 2. The van der Waals surface area contributed by atoms with Crippen LogP contribution in [0.1, 0.15) is 142 Å². The Labute approximate surface area is 581 Å². The third-order valence-corrected chi connectivity index (χ3v) is 27.3. The van der Waals surface area contributed by atoms with E-state index in [1.807, 2.05) is 20.8 Å². The summed E-state index contributed by atoms with van der Waals surface area (Å²) in [6.45, 7) is 35.2. The predicted octanol–water partition coefficient (Wildman–Crippen LogP) is 16.0. The molecule has 0 aliphatic carbocycles. The van der Waals surface area contributed by atoms with Crippen molar-refractivity contribution >= 4 is 80.2 Å². The summed E-state index contributed by atoms with van der Waals surface area (Å²) in [6, 6.07) is 23.2. The number of benzene rings is 4. The van der Waals surface area contributed by atoms with Crippen LogP contribution in [0, 0.1) is 35.3 Å². The molecular weight excluding hydrogens is 1350 g/mol. The van der Waals surface area contributed by atoms with E-state index in [-0.39, 0.29) is 39.4 Å². The van der Waals surface area contributed by atoms with Crippen molar-refractivity contribution in [2.24, 2.45) is 23.7 Å². The topological polar surface area (TPSA) is 246 Å². The molecule has 20 nitrogen and oxygen atoms in total. The zero-order valence-corrected chi connectivity index (χ0v) is 63.2. The van der Waals surface area contributed by atoms with Crippen LogP contribution >= 0.6 is 15.9 Å². The lowest BCUT2D eigenvalue weighted by molar-refractivity contribution is -0.167. The molecule has 0 aromatic heterocycles. The number of carboxylic acids is 1. The van der Waals surface area contributed by atoms with E-state index in [0.717, 1.165) is 7.11 Å². The third kappa shape index (κ3) is 26.6. The van der Waals surface area contributed by atoms with Gasteiger partial charge in [0.1, 0.15) is 45.8 Å². The van der Waals surface area contributed by atoms with Crippen molar-refractivity contribution in [2.75, 3.05) is 53.6 Å². The fraction of sp³-hybridized carbons (Fsp3) is 0.556. The Hall–Kier alpha value is -7.07. The van der Waals surface area contributed by atoms with Gasteiger partial charge in [-0.05, 0) is 225 Å². The van der Waals surface area contributed by atoms with Gasteiger partial charge in [0.15, 0.2) is 27.2 Å². The minimum Gasteiger partial charge on any atom is -0.481 e. The molecular formula is C72H101BrF2N2O18Si2. The highest BCUT2D eigenvalue weighted by Gasteiger charge is 2.43. The van der Waals surface area contributed by atoms with Crippen molar-refractivity contribution in [2.45, 2.75) is 180 Å². The summed E-state index contributed by atoms with van der Waals surface area (Å²) in [5.74, 6) is -4.50. The summed E-state index contributed by atoms with van der Waals surface area (Å²) in [7, 11) is -1.67. The van der Waals surface area contributed by atoms with Gasteiger partial charge in [0.25, 0.3) is 6.10 Å². The maximum atomic E-state index is 13.9. The van der Waals surface area contributed by atoms with Gasteiger partial charge in [-0.1, -0.05) is 57.5 Å². The van der Waals surface area contributed by atoms with E-state index in [4.69, 9.17) is 37.3 Å². The van der Waals surface area contributed by atoms with Gasteiger partial charge >= 0.3 is 36.1 Å². The first kappa shape index (κ1) is 82.4. The minimum atomic E-state index is -2.13. The Morgan fingerprint density at radius 1 is 0.495 bits per heavy atom. The molecule has 25 heteroatoms. The Morgan fingerprint density at radius 2 is 0.814 bits per heavy atom. The first-order chi connectivity index (χ1) is 45.0. The number of methoxy groups -OCH3 is 2. The number of carbonyl (C=O) groups is 8. The van der Waals surface area contributed by atoms with Crippen LogP contribution in [0.3, 0.4) is 0 Å². The Morgan fingerprint density at radius 3 is 1.13 bits per heavy atom. The Balaban J connectivity index is 0.000000343. The molecule has 0 saturated carbocycles. The maximum Gasteiger partial charge on any atom is 0.410 e. The monoisotopic (exact) mass is 1450 g/mol. The molecule has 0 bridgehead atoms. The number of halogens is 3. The summed E-state index contributed by atoms with van der Waals surface area (Å²) in [4.78, 5) is 102. The normalized spacial score (nSPS) is 15.5. The number of piperidine rings is 2. The molecule has 1 N–H and O–H groups in total. The SMILES string of the molecule is CC(C)(C)OC(=O)N1CCC(C(CCO[Si](C)(C)C(C)(C)C)C(=O)O)CC1.COC(=O)C(Br)C(=O)c1ccc(Oc2ccc(F)cc2)cc1.COC(=O)C(OC(=O)C(CCO[Si](C)(C)C(C)(C)C)C1CCN(C(=O)OC(C)(C)C)CC1)C(=O)c1ccc(Oc2ccc(F)cc2)cc1. The largest absolute Gasteiger partial charge is 0.481 e. The lowest BCUT2D eigenvalue weighted by Crippen LogP contribution is -2.45. The van der Waals surface area contributed by atoms with Gasteiger partial charge in [0.2, 0.25) is 5.78 Å². The Bertz CT molecular complexity index is 3240. The number of alkyl halides is 1. The molecule has 4 aromatic rings. The van der Waals surface area contributed by atoms with Crippen LogP contribution in [0.4, 0.5) is 18.4 Å². The number of nitrogens with zero attached hydrogens (tertiary/aromatic N) is 2. The van der Waals surface area contributed by atoms with Crippen molar-refractivity contribution in [1.82, 2.24) is 9.80 Å². The smallest absolute Gasteiger partial charge is 0.410 e. The number of carboxylic acid groups (broad SMARTS) is 1. The van der Waals surface area contributed by atoms with Gasteiger partial charge in [-0.25, -0.2) is 23.2 Å². The van der Waals surface area contributed by atoms with E-state index in [1.54, 1.807) is 54.8 Å². The van der Waals surface area contributed by atoms with Crippen LogP contribution in [0.5, 0.6) is 23.0 Å². The van der Waals surface area contributed by atoms with Crippen LogP contribution in [0.2, 0.25) is 36.3 Å². The highest BCUT2D eigenvalue weighted by atomic mass is 79.9. The number of aliphatic carboxylic acids is 1. The molecule has 0 radical (unpaired) electrons. The van der Waals surface area contributed by atoms with Gasteiger partial charge in [0.05, 0.1) is 26.1 Å². The number of ketones is 2. The second-order valence-electron chi connectivity index (χ2n) is 29.1. The molecule has 6 rings (SSSR count). The van der Waals surface area contributed by atoms with Crippen molar-refractivity contribution in [3.8, 4) is 23.0 Å². The molecule has 0 spiro atoms. The van der Waals surface area contributed by atoms with Crippen LogP contribution < -0.4 is 9.47 Å². The number of likely N-dealkylation sites (tertiary alicyclic amines) is 2. The molecule has 536 valence electrons. The van der Waals surface area contributed by atoms with Gasteiger partial charge in [-0.2, -0.15) is 0 Å². The molecule has 2 fully saturated rings. The predicted molar refractivity (Wildman–Crippen MR) is 372 cm³/mol. The summed E-state index contributed by atoms with van der Waals surface area (Å²) in [6.07, 6.45) is 0.695. The minimum absolute atomic E-state index is 0.0379. The summed E-state index contributed by atoms with van der Waals surface area (Å²) in [5.41, 5.74) is -0.697. The molecule has 2 heterocycles. The van der Waals surface area contributed by atoms with E-state index in [2.05, 4.69) is 88.4 Å². The van der Waals surface area contributed by atoms with Gasteiger partial charge in [0, 0.05) is 50.5 Å². The first-order valence-electron chi connectivity index (χ1n) is 32.6. The zero-order chi connectivity index (χ0) is 73.0. The van der Waals surface area contributed by atoms with E-state index in [0.29, 0.717) is 106 Å². The van der Waals surface area contributed by atoms with E-state index >= 15 is 0 Å². The number of rotatable bonds is 23. The number of Topliss-reactive ketones (excluding diaryl/α,β-unsaturated/α-hetero) is 2. The number of hydrogen-bond donors (Lipinski definition) is 1. The zero-order valence-electron chi connectivity index (χ0n) is 59.6. The molecule has 2 aliphatic rings.